The lowest BCUT2D eigenvalue weighted by Gasteiger charge is -2.31. The van der Waals surface area contributed by atoms with Crippen LogP contribution in [0.15, 0.2) is 11.8 Å². The summed E-state index contributed by atoms with van der Waals surface area (Å²) in [6.07, 6.45) is 9.53. The second-order valence-electron chi connectivity index (χ2n) is 6.03. The molecule has 2 atom stereocenters. The van der Waals surface area contributed by atoms with Crippen LogP contribution in [0.2, 0.25) is 0 Å². The molecule has 1 heterocycles. The normalized spacial score (nSPS) is 35.1. The van der Waals surface area contributed by atoms with Gasteiger partial charge in [-0.2, -0.15) is 0 Å². The summed E-state index contributed by atoms with van der Waals surface area (Å²) in [7, 11) is 0. The monoisotopic (exact) mass is 238 g/mol. The van der Waals surface area contributed by atoms with Gasteiger partial charge < -0.3 is 9.84 Å². The minimum atomic E-state index is -0.663. The Labute approximate surface area is 105 Å². The van der Waals surface area contributed by atoms with Gasteiger partial charge in [-0.3, -0.25) is 0 Å². The molecule has 0 aromatic heterocycles. The van der Waals surface area contributed by atoms with Crippen molar-refractivity contribution < 1.29 is 9.84 Å². The van der Waals surface area contributed by atoms with Crippen LogP contribution >= 0.6 is 0 Å². The number of aliphatic hydroxyl groups is 1. The predicted octanol–water partition coefficient (Wildman–Crippen LogP) is 3.65. The molecular weight excluding hydrogens is 212 g/mol. The number of rotatable bonds is 2. The third-order valence-electron chi connectivity index (χ3n) is 4.43. The van der Waals surface area contributed by atoms with Gasteiger partial charge in [-0.1, -0.05) is 20.3 Å². The fraction of sp³-hybridized carbons (Fsp3) is 0.867. The number of hydrogen-bond acceptors (Lipinski definition) is 2. The molecule has 1 saturated carbocycles. The van der Waals surface area contributed by atoms with Crippen molar-refractivity contribution in [3.05, 3.63) is 11.8 Å². The van der Waals surface area contributed by atoms with E-state index in [1.54, 1.807) is 0 Å². The molecule has 0 spiro atoms. The zero-order valence-corrected chi connectivity index (χ0v) is 11.2. The van der Waals surface area contributed by atoms with E-state index in [4.69, 9.17) is 4.74 Å². The van der Waals surface area contributed by atoms with Crippen LogP contribution in [0, 0.1) is 11.8 Å². The van der Waals surface area contributed by atoms with Gasteiger partial charge in [0.2, 0.25) is 0 Å². The molecule has 98 valence electrons. The Bertz CT molecular complexity index is 283. The minimum absolute atomic E-state index is 0.663. The lowest BCUT2D eigenvalue weighted by molar-refractivity contribution is -0.00790. The Balaban J connectivity index is 2.03. The lowest BCUT2D eigenvalue weighted by Crippen LogP contribution is -2.33. The topological polar surface area (TPSA) is 29.5 Å². The van der Waals surface area contributed by atoms with Crippen molar-refractivity contribution in [2.45, 2.75) is 64.4 Å². The van der Waals surface area contributed by atoms with Crippen molar-refractivity contribution in [3.63, 3.8) is 0 Å². The van der Waals surface area contributed by atoms with Crippen molar-refractivity contribution in [2.24, 2.45) is 11.8 Å². The molecule has 0 saturated heterocycles. The van der Waals surface area contributed by atoms with E-state index >= 15 is 0 Å². The average molecular weight is 238 g/mol. The maximum absolute atomic E-state index is 10.8. The molecule has 2 nitrogen and oxygen atoms in total. The van der Waals surface area contributed by atoms with Gasteiger partial charge in [0.25, 0.3) is 0 Å². The largest absolute Gasteiger partial charge is 0.495 e. The van der Waals surface area contributed by atoms with Crippen LogP contribution in [0.4, 0.5) is 0 Å². The Kier molecular flexibility index (Phi) is 4.13. The van der Waals surface area contributed by atoms with Crippen LogP contribution in [0.5, 0.6) is 0 Å². The third kappa shape index (κ3) is 3.04. The molecule has 0 amide bonds. The van der Waals surface area contributed by atoms with E-state index < -0.39 is 5.60 Å². The predicted molar refractivity (Wildman–Crippen MR) is 69.6 cm³/mol. The number of hydrogen-bond donors (Lipinski definition) is 1. The molecule has 0 aromatic rings. The summed E-state index contributed by atoms with van der Waals surface area (Å²) in [6.45, 7) is 5.37. The summed E-state index contributed by atoms with van der Waals surface area (Å²) >= 11 is 0. The molecule has 2 rings (SSSR count). The van der Waals surface area contributed by atoms with Crippen molar-refractivity contribution in [1.29, 1.82) is 0 Å². The van der Waals surface area contributed by atoms with Crippen LogP contribution in [0.1, 0.15) is 58.8 Å². The smallest absolute Gasteiger partial charge is 0.124 e. The Morgan fingerprint density at radius 2 is 2.12 bits per heavy atom. The highest BCUT2D eigenvalue weighted by molar-refractivity contribution is 5.12. The second kappa shape index (κ2) is 5.43. The van der Waals surface area contributed by atoms with Gasteiger partial charge in [-0.25, -0.2) is 0 Å². The van der Waals surface area contributed by atoms with Gasteiger partial charge in [0.15, 0.2) is 0 Å². The summed E-state index contributed by atoms with van der Waals surface area (Å²) in [5.74, 6) is 2.37. The SMILES string of the molecule is CC(C)C1CCCC(O)(C2=CCCCO2)CC1. The van der Waals surface area contributed by atoms with E-state index in [1.807, 2.05) is 0 Å². The highest BCUT2D eigenvalue weighted by Gasteiger charge is 2.36. The van der Waals surface area contributed by atoms with Gasteiger partial charge in [0, 0.05) is 0 Å². The third-order valence-corrected chi connectivity index (χ3v) is 4.43. The van der Waals surface area contributed by atoms with E-state index in [2.05, 4.69) is 19.9 Å². The van der Waals surface area contributed by atoms with Crippen LogP contribution in [-0.4, -0.2) is 17.3 Å². The summed E-state index contributed by atoms with van der Waals surface area (Å²) < 4.78 is 5.68. The molecule has 1 N–H and O–H groups in total. The average Bonchev–Trinajstić information content (AvgIpc) is 2.54. The van der Waals surface area contributed by atoms with E-state index in [-0.39, 0.29) is 0 Å². The first kappa shape index (κ1) is 12.9. The van der Waals surface area contributed by atoms with E-state index in [0.717, 1.165) is 62.7 Å². The molecule has 1 aliphatic carbocycles. The molecule has 0 aromatic carbocycles. The highest BCUT2D eigenvalue weighted by atomic mass is 16.5. The maximum Gasteiger partial charge on any atom is 0.124 e. The molecule has 17 heavy (non-hydrogen) atoms. The zero-order chi connectivity index (χ0) is 12.3. The van der Waals surface area contributed by atoms with Crippen LogP contribution in [0.25, 0.3) is 0 Å². The highest BCUT2D eigenvalue weighted by Crippen LogP contribution is 2.39. The molecule has 0 bridgehead atoms. The number of ether oxygens (including phenoxy) is 1. The summed E-state index contributed by atoms with van der Waals surface area (Å²) in [5, 5.41) is 10.8. The first-order valence-electron chi connectivity index (χ1n) is 7.17. The van der Waals surface area contributed by atoms with Crippen molar-refractivity contribution in [2.75, 3.05) is 6.61 Å². The van der Waals surface area contributed by atoms with Gasteiger partial charge >= 0.3 is 0 Å². The summed E-state index contributed by atoms with van der Waals surface area (Å²) in [6, 6.07) is 0. The van der Waals surface area contributed by atoms with Crippen LogP contribution in [0.3, 0.4) is 0 Å². The quantitative estimate of drug-likeness (QED) is 0.744. The van der Waals surface area contributed by atoms with Gasteiger partial charge in [0.1, 0.15) is 11.4 Å². The van der Waals surface area contributed by atoms with E-state index in [1.165, 1.54) is 6.42 Å². The molecule has 2 heteroatoms. The molecule has 1 fully saturated rings. The minimum Gasteiger partial charge on any atom is -0.495 e. The molecule has 2 aliphatic rings. The van der Waals surface area contributed by atoms with E-state index in [9.17, 15) is 5.11 Å². The molecule has 0 radical (unpaired) electrons. The van der Waals surface area contributed by atoms with Crippen LogP contribution < -0.4 is 0 Å². The molecule has 1 aliphatic heterocycles. The zero-order valence-electron chi connectivity index (χ0n) is 11.2. The maximum atomic E-state index is 10.8. The molecule has 2 unspecified atom stereocenters. The van der Waals surface area contributed by atoms with Crippen molar-refractivity contribution >= 4 is 0 Å². The van der Waals surface area contributed by atoms with Gasteiger partial charge in [-0.15, -0.1) is 0 Å². The molecular formula is C15H26O2. The van der Waals surface area contributed by atoms with Gasteiger partial charge in [0.05, 0.1) is 6.61 Å². The van der Waals surface area contributed by atoms with E-state index in [0.29, 0.717) is 0 Å². The fourth-order valence-corrected chi connectivity index (χ4v) is 3.15. The van der Waals surface area contributed by atoms with Crippen molar-refractivity contribution in [3.8, 4) is 0 Å². The summed E-state index contributed by atoms with van der Waals surface area (Å²) in [4.78, 5) is 0. The lowest BCUT2D eigenvalue weighted by atomic mass is 9.87. The second-order valence-corrected chi connectivity index (χ2v) is 6.03. The Morgan fingerprint density at radius 3 is 2.76 bits per heavy atom. The van der Waals surface area contributed by atoms with Crippen LogP contribution in [-0.2, 0) is 4.74 Å². The first-order valence-corrected chi connectivity index (χ1v) is 7.17. The van der Waals surface area contributed by atoms with Gasteiger partial charge in [-0.05, 0) is 56.4 Å². The Hall–Kier alpha value is -0.500. The first-order chi connectivity index (χ1) is 8.12. The Morgan fingerprint density at radius 1 is 1.29 bits per heavy atom. The summed E-state index contributed by atoms with van der Waals surface area (Å²) in [5.41, 5.74) is -0.663. The number of allylic oxidation sites excluding steroid dienone is 1. The standard InChI is InChI=1S/C15H26O2/c1-12(2)13-6-5-9-15(16,10-8-13)14-7-3-4-11-17-14/h7,12-13,16H,3-6,8-11H2,1-2H3. The fourth-order valence-electron chi connectivity index (χ4n) is 3.15. The van der Waals surface area contributed by atoms with Crippen molar-refractivity contribution in [1.82, 2.24) is 0 Å².